The lowest BCUT2D eigenvalue weighted by Crippen LogP contribution is -2.36. The fourth-order valence-corrected chi connectivity index (χ4v) is 3.61. The Balaban J connectivity index is 1.68. The van der Waals surface area contributed by atoms with Crippen molar-refractivity contribution in [3.63, 3.8) is 0 Å². The number of anilines is 1. The van der Waals surface area contributed by atoms with Crippen molar-refractivity contribution in [1.82, 2.24) is 24.7 Å². The van der Waals surface area contributed by atoms with E-state index in [1.165, 1.54) is 0 Å². The zero-order valence-corrected chi connectivity index (χ0v) is 14.5. The van der Waals surface area contributed by atoms with E-state index in [0.29, 0.717) is 12.0 Å². The molecule has 1 N–H and O–H groups in total. The first-order chi connectivity index (χ1) is 12.1. The quantitative estimate of drug-likeness (QED) is 0.791. The maximum Gasteiger partial charge on any atom is 0.140 e. The number of aromatic nitrogens is 5. The lowest BCUT2D eigenvalue weighted by atomic mass is 9.96. The van der Waals surface area contributed by atoms with Crippen molar-refractivity contribution in [2.75, 3.05) is 18.0 Å². The van der Waals surface area contributed by atoms with Crippen LogP contribution in [0.15, 0.2) is 30.9 Å². The van der Waals surface area contributed by atoms with Crippen molar-refractivity contribution in [3.8, 4) is 5.75 Å². The Hall–Kier alpha value is -2.70. The molecule has 1 atom stereocenters. The van der Waals surface area contributed by atoms with E-state index in [9.17, 15) is 5.11 Å². The number of phenols is 1. The molecule has 0 bridgehead atoms. The van der Waals surface area contributed by atoms with E-state index in [-0.39, 0.29) is 5.75 Å². The maximum absolute atomic E-state index is 9.86. The molecule has 0 saturated carbocycles. The highest BCUT2D eigenvalue weighted by Crippen LogP contribution is 2.32. The van der Waals surface area contributed by atoms with E-state index in [0.717, 1.165) is 48.5 Å². The molecule has 3 heterocycles. The number of nitrogens with zero attached hydrogens (tertiary/aromatic N) is 6. The van der Waals surface area contributed by atoms with Crippen LogP contribution in [-0.4, -0.2) is 42.9 Å². The second-order valence-electron chi connectivity index (χ2n) is 6.87. The zero-order chi connectivity index (χ0) is 17.4. The Morgan fingerprint density at radius 3 is 2.96 bits per heavy atom. The molecule has 1 aliphatic heterocycles. The van der Waals surface area contributed by atoms with Crippen LogP contribution in [0, 0.1) is 0 Å². The third-order valence-electron chi connectivity index (χ3n) is 4.84. The second kappa shape index (κ2) is 6.31. The van der Waals surface area contributed by atoms with Gasteiger partial charge in [-0.1, -0.05) is 0 Å². The lowest BCUT2D eigenvalue weighted by molar-refractivity contribution is 0.453. The minimum Gasteiger partial charge on any atom is -0.508 e. The number of piperidine rings is 1. The summed E-state index contributed by atoms with van der Waals surface area (Å²) < 4.78 is 2.15. The molecule has 1 unspecified atom stereocenters. The van der Waals surface area contributed by atoms with E-state index in [2.05, 4.69) is 43.5 Å². The number of fused-ring (bicyclic) bond motifs is 1. The fraction of sp³-hybridized carbons (Fsp3) is 0.444. The average Bonchev–Trinajstić information content (AvgIpc) is 3.11. The van der Waals surface area contributed by atoms with Crippen molar-refractivity contribution < 1.29 is 5.11 Å². The van der Waals surface area contributed by atoms with Crippen molar-refractivity contribution in [2.24, 2.45) is 0 Å². The molecule has 1 aliphatic rings. The molecule has 2 aromatic heterocycles. The van der Waals surface area contributed by atoms with Crippen LogP contribution >= 0.6 is 0 Å². The Labute approximate surface area is 146 Å². The summed E-state index contributed by atoms with van der Waals surface area (Å²) in [5.41, 5.74) is 0.843. The molecule has 1 saturated heterocycles. The predicted octanol–water partition coefficient (Wildman–Crippen LogP) is 2.89. The molecule has 3 aromatic rings. The van der Waals surface area contributed by atoms with Gasteiger partial charge in [-0.25, -0.2) is 9.97 Å². The summed E-state index contributed by atoms with van der Waals surface area (Å²) in [7, 11) is 0. The first-order valence-electron chi connectivity index (χ1n) is 8.71. The number of hydrogen-bond acceptors (Lipinski definition) is 6. The molecule has 4 rings (SSSR count). The molecule has 130 valence electrons. The Kier molecular flexibility index (Phi) is 3.99. The highest BCUT2D eigenvalue weighted by atomic mass is 16.3. The third-order valence-corrected chi connectivity index (χ3v) is 4.84. The van der Waals surface area contributed by atoms with Gasteiger partial charge in [0, 0.05) is 30.4 Å². The third kappa shape index (κ3) is 2.90. The average molecular weight is 338 g/mol. The van der Waals surface area contributed by atoms with E-state index < -0.39 is 0 Å². The maximum atomic E-state index is 9.86. The molecular formula is C18H22N6O. The predicted molar refractivity (Wildman–Crippen MR) is 95.8 cm³/mol. The van der Waals surface area contributed by atoms with Crippen LogP contribution in [-0.2, 0) is 0 Å². The molecule has 0 radical (unpaired) electrons. The summed E-state index contributed by atoms with van der Waals surface area (Å²) in [5.74, 6) is 2.47. The van der Waals surface area contributed by atoms with Gasteiger partial charge in [0.2, 0.25) is 0 Å². The first kappa shape index (κ1) is 15.8. The molecule has 1 fully saturated rings. The van der Waals surface area contributed by atoms with Crippen LogP contribution in [0.2, 0.25) is 0 Å². The minimum absolute atomic E-state index is 0.233. The van der Waals surface area contributed by atoms with Gasteiger partial charge < -0.3 is 14.6 Å². The fourth-order valence-electron chi connectivity index (χ4n) is 3.61. The Morgan fingerprint density at radius 2 is 2.12 bits per heavy atom. The number of hydrogen-bond donors (Lipinski definition) is 1. The van der Waals surface area contributed by atoms with Gasteiger partial charge in [-0.15, -0.1) is 10.2 Å². The van der Waals surface area contributed by atoms with Crippen LogP contribution in [0.5, 0.6) is 5.75 Å². The lowest BCUT2D eigenvalue weighted by Gasteiger charge is -2.34. The van der Waals surface area contributed by atoms with Crippen LogP contribution in [0.4, 0.5) is 5.82 Å². The molecule has 0 spiro atoms. The Morgan fingerprint density at radius 1 is 1.24 bits per heavy atom. The van der Waals surface area contributed by atoms with E-state index >= 15 is 0 Å². The topological polar surface area (TPSA) is 80.0 Å². The van der Waals surface area contributed by atoms with Crippen LogP contribution in [0.25, 0.3) is 10.9 Å². The largest absolute Gasteiger partial charge is 0.508 e. The van der Waals surface area contributed by atoms with Gasteiger partial charge in [-0.3, -0.25) is 0 Å². The normalized spacial score (nSPS) is 18.2. The summed E-state index contributed by atoms with van der Waals surface area (Å²) in [6.45, 7) is 6.07. The summed E-state index contributed by atoms with van der Waals surface area (Å²) in [6.07, 6.45) is 5.57. The monoisotopic (exact) mass is 338 g/mol. The first-order valence-corrected chi connectivity index (χ1v) is 8.71. The van der Waals surface area contributed by atoms with Crippen LogP contribution < -0.4 is 4.90 Å². The van der Waals surface area contributed by atoms with Crippen molar-refractivity contribution in [2.45, 2.75) is 38.6 Å². The summed E-state index contributed by atoms with van der Waals surface area (Å²) in [6, 6.07) is 5.57. The molecule has 1 aromatic carbocycles. The second-order valence-corrected chi connectivity index (χ2v) is 6.87. The van der Waals surface area contributed by atoms with Gasteiger partial charge in [0.25, 0.3) is 0 Å². The van der Waals surface area contributed by atoms with Crippen LogP contribution in [0.3, 0.4) is 0 Å². The number of aromatic hydroxyl groups is 1. The minimum atomic E-state index is 0.233. The van der Waals surface area contributed by atoms with E-state index in [4.69, 9.17) is 0 Å². The smallest absolute Gasteiger partial charge is 0.140 e. The highest BCUT2D eigenvalue weighted by molar-refractivity contribution is 5.90. The molecule has 0 aliphatic carbocycles. The van der Waals surface area contributed by atoms with Gasteiger partial charge in [0.1, 0.15) is 30.0 Å². The van der Waals surface area contributed by atoms with Crippen molar-refractivity contribution in [1.29, 1.82) is 0 Å². The molecule has 7 nitrogen and oxygen atoms in total. The van der Waals surface area contributed by atoms with Gasteiger partial charge >= 0.3 is 0 Å². The van der Waals surface area contributed by atoms with Gasteiger partial charge in [0.15, 0.2) is 0 Å². The number of rotatable bonds is 3. The number of benzene rings is 1. The van der Waals surface area contributed by atoms with Crippen molar-refractivity contribution in [3.05, 3.63) is 36.7 Å². The van der Waals surface area contributed by atoms with E-state index in [1.807, 2.05) is 12.4 Å². The summed E-state index contributed by atoms with van der Waals surface area (Å²) >= 11 is 0. The van der Waals surface area contributed by atoms with Gasteiger partial charge in [-0.05, 0) is 44.9 Å². The molecule has 25 heavy (non-hydrogen) atoms. The zero-order valence-electron chi connectivity index (χ0n) is 14.5. The number of phenolic OH excluding ortho intramolecular Hbond substituents is 1. The summed E-state index contributed by atoms with van der Waals surface area (Å²) in [4.78, 5) is 11.1. The standard InChI is InChI=1S/C18H22N6O/c1-12(2)24-11-21-22-17(24)13-4-3-7-23(9-13)18-15-8-14(25)5-6-16(15)19-10-20-18/h5-6,8,10-13,25H,3-4,7,9H2,1-2H3. The van der Waals surface area contributed by atoms with Crippen molar-refractivity contribution >= 4 is 16.7 Å². The van der Waals surface area contributed by atoms with Gasteiger partial charge in [0.05, 0.1) is 5.52 Å². The highest BCUT2D eigenvalue weighted by Gasteiger charge is 2.27. The van der Waals surface area contributed by atoms with E-state index in [1.54, 1.807) is 18.5 Å². The molecule has 7 heteroatoms. The molecular weight excluding hydrogens is 316 g/mol. The van der Waals surface area contributed by atoms with Gasteiger partial charge in [-0.2, -0.15) is 0 Å². The summed E-state index contributed by atoms with van der Waals surface area (Å²) in [5, 5.41) is 19.2. The van der Waals surface area contributed by atoms with Crippen LogP contribution in [0.1, 0.15) is 44.5 Å². The molecule has 0 amide bonds. The SMILES string of the molecule is CC(C)n1cnnc1C1CCCN(c2ncnc3ccc(O)cc23)C1. The Bertz CT molecular complexity index is 890.